The fourth-order valence-corrected chi connectivity index (χ4v) is 5.35. The Balaban J connectivity index is 2.18. The minimum absolute atomic E-state index is 0.194. The Morgan fingerprint density at radius 2 is 1.78 bits per heavy atom. The Morgan fingerprint density at radius 1 is 1.05 bits per heavy atom. The largest absolute Gasteiger partial charge is 0.493 e. The fraction of sp³-hybridized carbons (Fsp3) is 0.448. The normalized spacial score (nSPS) is 14.3. The van der Waals surface area contributed by atoms with Crippen molar-refractivity contribution in [3.63, 3.8) is 0 Å². The van der Waals surface area contributed by atoms with E-state index < -0.39 is 24.0 Å². The summed E-state index contributed by atoms with van der Waals surface area (Å²) in [5.41, 5.74) is 2.75. The summed E-state index contributed by atoms with van der Waals surface area (Å²) in [6.45, 7) is 1.15. The molecule has 1 aliphatic carbocycles. The summed E-state index contributed by atoms with van der Waals surface area (Å²) < 4.78 is 21.6. The van der Waals surface area contributed by atoms with Gasteiger partial charge in [-0.05, 0) is 66.2 Å². The average Bonchev–Trinajstić information content (AvgIpc) is 3.20. The molecular formula is C29H37N3O8S. The van der Waals surface area contributed by atoms with E-state index in [1.54, 1.807) is 31.0 Å². The Kier molecular flexibility index (Phi) is 11.3. The molecule has 0 saturated heterocycles. The van der Waals surface area contributed by atoms with Gasteiger partial charge < -0.3 is 34.9 Å². The second kappa shape index (κ2) is 14.6. The highest BCUT2D eigenvalue weighted by molar-refractivity contribution is 7.98. The quantitative estimate of drug-likeness (QED) is 0.318. The molecule has 0 aliphatic heterocycles. The molecule has 222 valence electrons. The maximum absolute atomic E-state index is 13.6. The molecule has 0 unspecified atom stereocenters. The fourth-order valence-electron chi connectivity index (χ4n) is 4.87. The predicted octanol–water partition coefficient (Wildman–Crippen LogP) is 2.69. The van der Waals surface area contributed by atoms with Gasteiger partial charge in [-0.2, -0.15) is 11.8 Å². The van der Waals surface area contributed by atoms with Crippen molar-refractivity contribution in [2.45, 2.75) is 38.3 Å². The van der Waals surface area contributed by atoms with Gasteiger partial charge >= 0.3 is 5.97 Å². The number of amides is 2. The van der Waals surface area contributed by atoms with Crippen molar-refractivity contribution in [3.8, 4) is 28.4 Å². The van der Waals surface area contributed by atoms with E-state index in [1.807, 2.05) is 12.3 Å². The lowest BCUT2D eigenvalue weighted by Crippen LogP contribution is -2.43. The third-order valence-electron chi connectivity index (χ3n) is 6.81. The van der Waals surface area contributed by atoms with Gasteiger partial charge in [0.2, 0.25) is 23.0 Å². The van der Waals surface area contributed by atoms with Gasteiger partial charge in [-0.25, -0.2) is 0 Å². The van der Waals surface area contributed by atoms with Gasteiger partial charge in [0.15, 0.2) is 11.5 Å². The zero-order valence-electron chi connectivity index (χ0n) is 24.2. The molecule has 41 heavy (non-hydrogen) atoms. The third-order valence-corrected chi connectivity index (χ3v) is 7.45. The lowest BCUT2D eigenvalue weighted by Gasteiger charge is -2.19. The minimum atomic E-state index is -0.778. The number of hydrogen-bond acceptors (Lipinski definition) is 10. The molecule has 0 saturated carbocycles. The van der Waals surface area contributed by atoms with Crippen LogP contribution in [0.25, 0.3) is 11.1 Å². The Hall–Kier alpha value is -3.93. The Morgan fingerprint density at radius 3 is 2.39 bits per heavy atom. The summed E-state index contributed by atoms with van der Waals surface area (Å²) in [7, 11) is 5.84. The standard InChI is InChI=1S/C29H37N3O8S/c1-16(33)31-20-9-7-17-13-24(37-2)27(39-4)28(40-5)26(17)18-8-10-21(23(34)14-19(18)20)32-22(11-12-41-6)29(36)30-15-25(35)38-3/h8,10,13-14,20,22H,7,9,11-12,15H2,1-6H3,(H,30,36)(H,31,33)(H,32,34)/t20-,22-/m1/s1. The molecule has 0 bridgehead atoms. The molecule has 2 aromatic carbocycles. The number of rotatable bonds is 12. The van der Waals surface area contributed by atoms with Crippen LogP contribution in [-0.4, -0.2) is 70.8 Å². The maximum Gasteiger partial charge on any atom is 0.325 e. The van der Waals surface area contributed by atoms with Crippen LogP contribution < -0.4 is 35.6 Å². The lowest BCUT2D eigenvalue weighted by atomic mass is 9.95. The smallest absolute Gasteiger partial charge is 0.325 e. The number of methoxy groups -OCH3 is 4. The van der Waals surface area contributed by atoms with Gasteiger partial charge in [0.05, 0.1) is 40.2 Å². The van der Waals surface area contributed by atoms with Crippen LogP contribution in [0.2, 0.25) is 0 Å². The molecule has 3 N–H and O–H groups in total. The minimum Gasteiger partial charge on any atom is -0.493 e. The number of hydrogen-bond donors (Lipinski definition) is 3. The second-order valence-electron chi connectivity index (χ2n) is 9.37. The van der Waals surface area contributed by atoms with Crippen LogP contribution in [0, 0.1) is 0 Å². The summed E-state index contributed by atoms with van der Waals surface area (Å²) in [5.74, 6) is 0.755. The molecular weight excluding hydrogens is 550 g/mol. The summed E-state index contributed by atoms with van der Waals surface area (Å²) in [5, 5.41) is 8.61. The number of carbonyl (C=O) groups is 3. The van der Waals surface area contributed by atoms with Crippen LogP contribution in [0.4, 0.5) is 5.69 Å². The van der Waals surface area contributed by atoms with Gasteiger partial charge in [-0.3, -0.25) is 19.2 Å². The van der Waals surface area contributed by atoms with Crippen LogP contribution in [-0.2, 0) is 25.5 Å². The van der Waals surface area contributed by atoms with E-state index in [2.05, 4.69) is 20.7 Å². The molecule has 2 atom stereocenters. The van der Waals surface area contributed by atoms with Gasteiger partial charge in [0, 0.05) is 12.5 Å². The molecule has 0 spiro atoms. The second-order valence-corrected chi connectivity index (χ2v) is 10.4. The van der Waals surface area contributed by atoms with E-state index in [0.29, 0.717) is 53.4 Å². The van der Waals surface area contributed by atoms with E-state index in [4.69, 9.17) is 14.2 Å². The molecule has 0 heterocycles. The summed E-state index contributed by atoms with van der Waals surface area (Å²) in [6.07, 6.45) is 3.43. The van der Waals surface area contributed by atoms with E-state index in [0.717, 1.165) is 11.1 Å². The highest BCUT2D eigenvalue weighted by Crippen LogP contribution is 2.50. The number of fused-ring (bicyclic) bond motifs is 3. The first-order chi connectivity index (χ1) is 19.7. The number of ether oxygens (including phenoxy) is 4. The SMILES string of the molecule is COC(=O)CNC(=O)[C@@H](CCSC)Nc1ccc2c(cc1=O)[C@H](NC(C)=O)CCc1cc(OC)c(OC)c(OC)c1-2. The first-order valence-corrected chi connectivity index (χ1v) is 14.5. The van der Waals surface area contributed by atoms with E-state index in [-0.39, 0.29) is 23.6 Å². The number of carbonyl (C=O) groups excluding carboxylic acids is 3. The summed E-state index contributed by atoms with van der Waals surface area (Å²) >= 11 is 1.55. The molecule has 1 aliphatic rings. The van der Waals surface area contributed by atoms with E-state index in [9.17, 15) is 19.2 Å². The van der Waals surface area contributed by atoms with Gasteiger partial charge in [-0.15, -0.1) is 0 Å². The Bertz CT molecular complexity index is 1350. The molecule has 11 nitrogen and oxygen atoms in total. The molecule has 2 aromatic rings. The molecule has 0 aromatic heterocycles. The van der Waals surface area contributed by atoms with Crippen molar-refractivity contribution in [2.24, 2.45) is 0 Å². The maximum atomic E-state index is 13.6. The van der Waals surface area contributed by atoms with Crippen molar-refractivity contribution >= 4 is 35.2 Å². The average molecular weight is 588 g/mol. The third kappa shape index (κ3) is 7.43. The van der Waals surface area contributed by atoms with Crippen LogP contribution in [0.3, 0.4) is 0 Å². The highest BCUT2D eigenvalue weighted by atomic mass is 32.2. The van der Waals surface area contributed by atoms with Crippen molar-refractivity contribution in [2.75, 3.05) is 52.3 Å². The number of thioether (sulfide) groups is 1. The molecule has 3 rings (SSSR count). The number of anilines is 1. The number of nitrogens with one attached hydrogen (secondary N) is 3. The van der Waals surface area contributed by atoms with Crippen molar-refractivity contribution in [1.82, 2.24) is 10.6 Å². The monoisotopic (exact) mass is 587 g/mol. The topological polar surface area (TPSA) is 141 Å². The zero-order chi connectivity index (χ0) is 30.1. The molecule has 0 radical (unpaired) electrons. The van der Waals surface area contributed by atoms with E-state index >= 15 is 0 Å². The number of aryl methyl sites for hydroxylation is 1. The van der Waals surface area contributed by atoms with Crippen LogP contribution >= 0.6 is 11.8 Å². The predicted molar refractivity (Wildman–Crippen MR) is 158 cm³/mol. The summed E-state index contributed by atoms with van der Waals surface area (Å²) in [4.78, 5) is 50.3. The van der Waals surface area contributed by atoms with Crippen molar-refractivity contribution in [1.29, 1.82) is 0 Å². The van der Waals surface area contributed by atoms with Crippen LogP contribution in [0.1, 0.15) is 36.9 Å². The van der Waals surface area contributed by atoms with Gasteiger partial charge in [0.1, 0.15) is 12.6 Å². The lowest BCUT2D eigenvalue weighted by molar-refractivity contribution is -0.141. The van der Waals surface area contributed by atoms with Gasteiger partial charge in [-0.1, -0.05) is 6.07 Å². The van der Waals surface area contributed by atoms with Crippen molar-refractivity contribution in [3.05, 3.63) is 45.6 Å². The summed E-state index contributed by atoms with van der Waals surface area (Å²) in [6, 6.07) is 5.54. The number of benzene rings is 1. The molecule has 0 fully saturated rings. The van der Waals surface area contributed by atoms with Crippen LogP contribution in [0.15, 0.2) is 29.1 Å². The van der Waals surface area contributed by atoms with Crippen LogP contribution in [0.5, 0.6) is 17.2 Å². The van der Waals surface area contributed by atoms with Gasteiger partial charge in [0.25, 0.3) is 0 Å². The highest BCUT2D eigenvalue weighted by Gasteiger charge is 2.30. The number of esters is 1. The molecule has 12 heteroatoms. The van der Waals surface area contributed by atoms with Crippen molar-refractivity contribution < 1.29 is 33.3 Å². The zero-order valence-corrected chi connectivity index (χ0v) is 25.0. The molecule has 2 amide bonds. The van der Waals surface area contributed by atoms with E-state index in [1.165, 1.54) is 34.3 Å². The first kappa shape index (κ1) is 31.6. The Labute approximate surface area is 243 Å². The first-order valence-electron chi connectivity index (χ1n) is 13.1.